The maximum atomic E-state index is 4.37. The lowest BCUT2D eigenvalue weighted by molar-refractivity contribution is 0.196. The van der Waals surface area contributed by atoms with Crippen LogP contribution in [-0.2, 0) is 0 Å². The molecule has 0 amide bonds. The Balaban J connectivity index is 1.88. The molecule has 4 heteroatoms. The van der Waals surface area contributed by atoms with Crippen LogP contribution in [-0.4, -0.2) is 41.5 Å². The van der Waals surface area contributed by atoms with Gasteiger partial charge in [-0.3, -0.25) is 14.9 Å². The quantitative estimate of drug-likeness (QED) is 0.856. The zero-order valence-electron chi connectivity index (χ0n) is 10.8. The third kappa shape index (κ3) is 3.48. The second-order valence-corrected chi connectivity index (χ2v) is 4.96. The minimum Gasteiger partial charge on any atom is -0.316 e. The standard InChI is InChI=1S/C13H22N4/c1-11(13-9-15-6-7-16-13)17(2)10-12-4-3-5-14-8-12/h6-7,9,11-12,14H,3-5,8,10H2,1-2H3/t11-,12+/m1/s1. The largest absolute Gasteiger partial charge is 0.316 e. The molecule has 1 aliphatic heterocycles. The minimum absolute atomic E-state index is 0.339. The van der Waals surface area contributed by atoms with E-state index in [0.29, 0.717) is 6.04 Å². The molecular weight excluding hydrogens is 212 g/mol. The predicted octanol–water partition coefficient (Wildman–Crippen LogP) is 1.47. The summed E-state index contributed by atoms with van der Waals surface area (Å²) in [5, 5.41) is 3.46. The number of piperidine rings is 1. The number of hydrogen-bond donors (Lipinski definition) is 1. The van der Waals surface area contributed by atoms with Gasteiger partial charge in [-0.1, -0.05) is 0 Å². The average Bonchev–Trinajstić information content (AvgIpc) is 2.40. The second-order valence-electron chi connectivity index (χ2n) is 4.96. The zero-order valence-corrected chi connectivity index (χ0v) is 10.8. The van der Waals surface area contributed by atoms with Crippen molar-refractivity contribution >= 4 is 0 Å². The molecule has 1 N–H and O–H groups in total. The van der Waals surface area contributed by atoms with Gasteiger partial charge in [0.1, 0.15) is 0 Å². The molecule has 17 heavy (non-hydrogen) atoms. The third-order valence-corrected chi connectivity index (χ3v) is 3.62. The van der Waals surface area contributed by atoms with Gasteiger partial charge >= 0.3 is 0 Å². The zero-order chi connectivity index (χ0) is 12.1. The van der Waals surface area contributed by atoms with Gasteiger partial charge in [0.2, 0.25) is 0 Å². The van der Waals surface area contributed by atoms with Crippen LogP contribution in [0.25, 0.3) is 0 Å². The van der Waals surface area contributed by atoms with Crippen LogP contribution in [0.1, 0.15) is 31.5 Å². The molecule has 2 atom stereocenters. The fraction of sp³-hybridized carbons (Fsp3) is 0.692. The highest BCUT2D eigenvalue weighted by Crippen LogP contribution is 2.19. The molecule has 0 unspecified atom stereocenters. The van der Waals surface area contributed by atoms with Crippen LogP contribution in [0.3, 0.4) is 0 Å². The molecule has 1 aromatic heterocycles. The lowest BCUT2D eigenvalue weighted by atomic mass is 9.98. The summed E-state index contributed by atoms with van der Waals surface area (Å²) in [5.74, 6) is 0.771. The van der Waals surface area contributed by atoms with Crippen molar-refractivity contribution in [2.24, 2.45) is 5.92 Å². The fourth-order valence-corrected chi connectivity index (χ4v) is 2.40. The summed E-state index contributed by atoms with van der Waals surface area (Å²) in [6, 6.07) is 0.339. The van der Waals surface area contributed by atoms with Gasteiger partial charge in [-0.05, 0) is 45.8 Å². The molecule has 1 fully saturated rings. The molecule has 1 aromatic rings. The van der Waals surface area contributed by atoms with Crippen molar-refractivity contribution in [3.8, 4) is 0 Å². The van der Waals surface area contributed by atoms with Crippen molar-refractivity contribution in [2.45, 2.75) is 25.8 Å². The Kier molecular flexibility index (Phi) is 4.45. The van der Waals surface area contributed by atoms with E-state index in [1.54, 1.807) is 12.4 Å². The van der Waals surface area contributed by atoms with E-state index in [-0.39, 0.29) is 0 Å². The normalized spacial score (nSPS) is 22.6. The molecule has 0 bridgehead atoms. The van der Waals surface area contributed by atoms with E-state index in [0.717, 1.165) is 24.7 Å². The number of nitrogens with one attached hydrogen (secondary N) is 1. The Hall–Kier alpha value is -1.00. The fourth-order valence-electron chi connectivity index (χ4n) is 2.40. The Morgan fingerprint density at radius 2 is 2.41 bits per heavy atom. The van der Waals surface area contributed by atoms with Crippen LogP contribution in [0.5, 0.6) is 0 Å². The van der Waals surface area contributed by atoms with Gasteiger partial charge in [0.25, 0.3) is 0 Å². The molecule has 0 saturated carbocycles. The molecule has 1 saturated heterocycles. The Morgan fingerprint density at radius 3 is 3.06 bits per heavy atom. The van der Waals surface area contributed by atoms with Crippen LogP contribution in [0.4, 0.5) is 0 Å². The summed E-state index contributed by atoms with van der Waals surface area (Å²) < 4.78 is 0. The third-order valence-electron chi connectivity index (χ3n) is 3.62. The van der Waals surface area contributed by atoms with Crippen molar-refractivity contribution < 1.29 is 0 Å². The molecule has 94 valence electrons. The van der Waals surface area contributed by atoms with Gasteiger partial charge in [0, 0.05) is 25.1 Å². The van der Waals surface area contributed by atoms with E-state index in [4.69, 9.17) is 0 Å². The van der Waals surface area contributed by atoms with Crippen molar-refractivity contribution in [2.75, 3.05) is 26.7 Å². The first-order valence-electron chi connectivity index (χ1n) is 6.44. The first-order chi connectivity index (χ1) is 8.27. The van der Waals surface area contributed by atoms with Crippen molar-refractivity contribution in [3.05, 3.63) is 24.3 Å². The number of hydrogen-bond acceptors (Lipinski definition) is 4. The van der Waals surface area contributed by atoms with Gasteiger partial charge in [-0.2, -0.15) is 0 Å². The molecule has 0 spiro atoms. The van der Waals surface area contributed by atoms with Crippen molar-refractivity contribution in [1.82, 2.24) is 20.2 Å². The predicted molar refractivity (Wildman–Crippen MR) is 68.7 cm³/mol. The van der Waals surface area contributed by atoms with Crippen LogP contribution in [0.15, 0.2) is 18.6 Å². The Morgan fingerprint density at radius 1 is 1.53 bits per heavy atom. The topological polar surface area (TPSA) is 41.1 Å². The Bertz CT molecular complexity index is 321. The highest BCUT2D eigenvalue weighted by Gasteiger charge is 2.19. The first-order valence-corrected chi connectivity index (χ1v) is 6.44. The molecule has 2 heterocycles. The van der Waals surface area contributed by atoms with Crippen LogP contribution >= 0.6 is 0 Å². The van der Waals surface area contributed by atoms with E-state index in [1.165, 1.54) is 19.4 Å². The molecule has 0 aliphatic carbocycles. The van der Waals surface area contributed by atoms with Crippen LogP contribution in [0, 0.1) is 5.92 Å². The Labute approximate surface area is 103 Å². The SMILES string of the molecule is C[C@H](c1cnccn1)N(C)C[C@H]1CCCNC1. The van der Waals surface area contributed by atoms with Crippen molar-refractivity contribution in [3.63, 3.8) is 0 Å². The molecular formula is C13H22N4. The molecule has 2 rings (SSSR count). The average molecular weight is 234 g/mol. The number of nitrogens with zero attached hydrogens (tertiary/aromatic N) is 3. The summed E-state index contributed by atoms with van der Waals surface area (Å²) in [7, 11) is 2.17. The van der Waals surface area contributed by atoms with E-state index in [1.807, 2.05) is 6.20 Å². The van der Waals surface area contributed by atoms with Crippen LogP contribution < -0.4 is 5.32 Å². The number of aromatic nitrogens is 2. The summed E-state index contributed by atoms with van der Waals surface area (Å²) in [6.45, 7) is 5.66. The van der Waals surface area contributed by atoms with Crippen LogP contribution in [0.2, 0.25) is 0 Å². The summed E-state index contributed by atoms with van der Waals surface area (Å²) >= 11 is 0. The molecule has 4 nitrogen and oxygen atoms in total. The highest BCUT2D eigenvalue weighted by molar-refractivity contribution is 5.00. The molecule has 1 aliphatic rings. The van der Waals surface area contributed by atoms with Gasteiger partial charge in [-0.25, -0.2) is 0 Å². The van der Waals surface area contributed by atoms with Gasteiger partial charge in [-0.15, -0.1) is 0 Å². The summed E-state index contributed by atoms with van der Waals surface area (Å²) in [5.41, 5.74) is 1.05. The summed E-state index contributed by atoms with van der Waals surface area (Å²) in [6.07, 6.45) is 7.99. The lowest BCUT2D eigenvalue weighted by Crippen LogP contribution is -2.37. The lowest BCUT2D eigenvalue weighted by Gasteiger charge is -2.30. The molecule has 0 aromatic carbocycles. The minimum atomic E-state index is 0.339. The second kappa shape index (κ2) is 6.07. The first kappa shape index (κ1) is 12.5. The van der Waals surface area contributed by atoms with E-state index in [2.05, 4.69) is 34.2 Å². The molecule has 0 radical (unpaired) electrons. The van der Waals surface area contributed by atoms with E-state index >= 15 is 0 Å². The maximum Gasteiger partial charge on any atom is 0.0755 e. The number of rotatable bonds is 4. The van der Waals surface area contributed by atoms with E-state index < -0.39 is 0 Å². The smallest absolute Gasteiger partial charge is 0.0755 e. The maximum absolute atomic E-state index is 4.37. The van der Waals surface area contributed by atoms with Gasteiger partial charge < -0.3 is 5.32 Å². The monoisotopic (exact) mass is 234 g/mol. The summed E-state index contributed by atoms with van der Waals surface area (Å²) in [4.78, 5) is 10.9. The highest BCUT2D eigenvalue weighted by atomic mass is 15.1. The van der Waals surface area contributed by atoms with E-state index in [9.17, 15) is 0 Å². The van der Waals surface area contributed by atoms with Gasteiger partial charge in [0.15, 0.2) is 0 Å². The van der Waals surface area contributed by atoms with Gasteiger partial charge in [0.05, 0.1) is 11.7 Å². The van der Waals surface area contributed by atoms with Crippen molar-refractivity contribution in [1.29, 1.82) is 0 Å².